The molecule has 5 nitrogen and oxygen atoms in total. The maximum absolute atomic E-state index is 11.2. The lowest BCUT2D eigenvalue weighted by molar-refractivity contribution is 0.0101. The molecule has 14 heavy (non-hydrogen) atoms. The van der Waals surface area contributed by atoms with E-state index in [0.717, 1.165) is 32.4 Å². The largest absolute Gasteiger partial charge is 0.376 e. The van der Waals surface area contributed by atoms with Crippen LogP contribution in [0.1, 0.15) is 26.2 Å². The van der Waals surface area contributed by atoms with Gasteiger partial charge in [-0.15, -0.1) is 0 Å². The molecule has 0 saturated carbocycles. The predicted molar refractivity (Wildman–Crippen MR) is 53.6 cm³/mol. The van der Waals surface area contributed by atoms with Crippen LogP contribution in [0.4, 0.5) is 4.79 Å². The van der Waals surface area contributed by atoms with E-state index in [9.17, 15) is 4.79 Å². The summed E-state index contributed by atoms with van der Waals surface area (Å²) in [5, 5.41) is 0. The molecule has 3 N–H and O–H groups in total. The minimum absolute atomic E-state index is 0.181. The quantitative estimate of drug-likeness (QED) is 0.396. The predicted octanol–water partition coefficient (Wildman–Crippen LogP) is 0.461. The summed E-state index contributed by atoms with van der Waals surface area (Å²) >= 11 is 0. The standard InChI is InChI=1S/C9H19N3O2/c1-2-6-14-8-4-3-5-12(7-8)9(13)11-10/h8H,2-7,10H2,1H3,(H,11,13). The van der Waals surface area contributed by atoms with E-state index < -0.39 is 0 Å². The average Bonchev–Trinajstić information content (AvgIpc) is 2.25. The normalized spacial score (nSPS) is 22.1. The number of nitrogens with zero attached hydrogens (tertiary/aromatic N) is 1. The first kappa shape index (κ1) is 11.3. The Balaban J connectivity index is 2.31. The Morgan fingerprint density at radius 1 is 1.71 bits per heavy atom. The number of carbonyl (C=O) groups excluding carboxylic acids is 1. The second kappa shape index (κ2) is 5.82. The van der Waals surface area contributed by atoms with E-state index in [1.807, 2.05) is 0 Å². The van der Waals surface area contributed by atoms with Gasteiger partial charge >= 0.3 is 6.03 Å². The SMILES string of the molecule is CCCOC1CCCN(C(=O)NN)C1. The fourth-order valence-electron chi connectivity index (χ4n) is 1.63. The van der Waals surface area contributed by atoms with Crippen LogP contribution in [0.2, 0.25) is 0 Å². The van der Waals surface area contributed by atoms with Gasteiger partial charge in [0.05, 0.1) is 6.10 Å². The van der Waals surface area contributed by atoms with Gasteiger partial charge in [0.2, 0.25) is 0 Å². The highest BCUT2D eigenvalue weighted by atomic mass is 16.5. The summed E-state index contributed by atoms with van der Waals surface area (Å²) in [6, 6.07) is -0.213. The van der Waals surface area contributed by atoms with Crippen molar-refractivity contribution in [1.29, 1.82) is 0 Å². The summed E-state index contributed by atoms with van der Waals surface area (Å²) < 4.78 is 5.59. The monoisotopic (exact) mass is 201 g/mol. The first-order valence-corrected chi connectivity index (χ1v) is 5.15. The molecular weight excluding hydrogens is 182 g/mol. The highest BCUT2D eigenvalue weighted by Crippen LogP contribution is 2.13. The fourth-order valence-corrected chi connectivity index (χ4v) is 1.63. The molecule has 1 atom stereocenters. The third-order valence-corrected chi connectivity index (χ3v) is 2.35. The molecule has 2 amide bonds. The van der Waals surface area contributed by atoms with Gasteiger partial charge in [0.1, 0.15) is 0 Å². The van der Waals surface area contributed by atoms with E-state index in [0.29, 0.717) is 6.54 Å². The van der Waals surface area contributed by atoms with Gasteiger partial charge in [0.15, 0.2) is 0 Å². The number of urea groups is 1. The van der Waals surface area contributed by atoms with Crippen LogP contribution >= 0.6 is 0 Å². The molecule has 0 radical (unpaired) electrons. The molecule has 1 fully saturated rings. The smallest absolute Gasteiger partial charge is 0.331 e. The summed E-state index contributed by atoms with van der Waals surface area (Å²) in [4.78, 5) is 12.9. The highest BCUT2D eigenvalue weighted by molar-refractivity contribution is 5.73. The first-order chi connectivity index (χ1) is 6.77. The Morgan fingerprint density at radius 3 is 3.14 bits per heavy atom. The molecule has 1 aliphatic rings. The van der Waals surface area contributed by atoms with Crippen molar-refractivity contribution in [1.82, 2.24) is 10.3 Å². The number of hydrazine groups is 1. The topological polar surface area (TPSA) is 67.6 Å². The number of rotatable bonds is 3. The summed E-state index contributed by atoms with van der Waals surface area (Å²) in [5.74, 6) is 5.07. The van der Waals surface area contributed by atoms with E-state index in [2.05, 4.69) is 12.3 Å². The third-order valence-electron chi connectivity index (χ3n) is 2.35. The second-order valence-corrected chi connectivity index (χ2v) is 3.53. The molecule has 1 aliphatic heterocycles. The molecule has 0 bridgehead atoms. The van der Waals surface area contributed by atoms with Crippen LogP contribution in [0.25, 0.3) is 0 Å². The number of likely N-dealkylation sites (tertiary alicyclic amines) is 1. The van der Waals surface area contributed by atoms with Crippen molar-refractivity contribution >= 4 is 6.03 Å². The Morgan fingerprint density at radius 2 is 2.50 bits per heavy atom. The number of hydrogen-bond donors (Lipinski definition) is 2. The number of carbonyl (C=O) groups is 1. The number of amides is 2. The summed E-state index contributed by atoms with van der Waals surface area (Å²) in [7, 11) is 0. The van der Waals surface area contributed by atoms with Gasteiger partial charge in [-0.05, 0) is 19.3 Å². The zero-order valence-electron chi connectivity index (χ0n) is 8.66. The van der Waals surface area contributed by atoms with Gasteiger partial charge in [0, 0.05) is 19.7 Å². The number of hydrogen-bond acceptors (Lipinski definition) is 3. The highest BCUT2D eigenvalue weighted by Gasteiger charge is 2.23. The first-order valence-electron chi connectivity index (χ1n) is 5.15. The van der Waals surface area contributed by atoms with Crippen LogP contribution < -0.4 is 11.3 Å². The van der Waals surface area contributed by atoms with E-state index in [4.69, 9.17) is 10.6 Å². The van der Waals surface area contributed by atoms with Crippen molar-refractivity contribution in [3.05, 3.63) is 0 Å². The van der Waals surface area contributed by atoms with Gasteiger partial charge in [-0.3, -0.25) is 5.43 Å². The summed E-state index contributed by atoms with van der Waals surface area (Å²) in [5.41, 5.74) is 2.14. The van der Waals surface area contributed by atoms with Crippen molar-refractivity contribution in [2.24, 2.45) is 5.84 Å². The molecule has 0 spiro atoms. The van der Waals surface area contributed by atoms with Crippen LogP contribution in [0.15, 0.2) is 0 Å². The maximum Gasteiger partial charge on any atom is 0.331 e. The lowest BCUT2D eigenvalue weighted by atomic mass is 10.1. The molecule has 0 aromatic carbocycles. The lowest BCUT2D eigenvalue weighted by Gasteiger charge is -2.32. The van der Waals surface area contributed by atoms with Crippen molar-refractivity contribution < 1.29 is 9.53 Å². The van der Waals surface area contributed by atoms with Crippen LogP contribution in [-0.4, -0.2) is 36.7 Å². The average molecular weight is 201 g/mol. The van der Waals surface area contributed by atoms with Crippen LogP contribution in [-0.2, 0) is 4.74 Å². The zero-order chi connectivity index (χ0) is 10.4. The molecule has 1 unspecified atom stereocenters. The van der Waals surface area contributed by atoms with E-state index in [1.165, 1.54) is 0 Å². The Bertz CT molecular complexity index is 187. The van der Waals surface area contributed by atoms with Crippen LogP contribution in [0.3, 0.4) is 0 Å². The third kappa shape index (κ3) is 3.16. The van der Waals surface area contributed by atoms with Gasteiger partial charge in [0.25, 0.3) is 0 Å². The number of piperidine rings is 1. The van der Waals surface area contributed by atoms with Crippen molar-refractivity contribution in [3.8, 4) is 0 Å². The maximum atomic E-state index is 11.2. The molecule has 0 aromatic rings. The zero-order valence-corrected chi connectivity index (χ0v) is 8.66. The van der Waals surface area contributed by atoms with Gasteiger partial charge in [-0.25, -0.2) is 10.6 Å². The minimum atomic E-state index is -0.213. The molecule has 82 valence electrons. The minimum Gasteiger partial charge on any atom is -0.376 e. The van der Waals surface area contributed by atoms with E-state index >= 15 is 0 Å². The molecule has 1 rings (SSSR count). The molecule has 1 saturated heterocycles. The van der Waals surface area contributed by atoms with E-state index in [-0.39, 0.29) is 12.1 Å². The molecule has 0 aromatic heterocycles. The van der Waals surface area contributed by atoms with Crippen molar-refractivity contribution in [2.75, 3.05) is 19.7 Å². The van der Waals surface area contributed by atoms with Gasteiger partial charge in [-0.1, -0.05) is 6.92 Å². The Kier molecular flexibility index (Phi) is 4.69. The number of ether oxygens (including phenoxy) is 1. The van der Waals surface area contributed by atoms with Crippen LogP contribution in [0.5, 0.6) is 0 Å². The number of nitrogens with one attached hydrogen (secondary N) is 1. The van der Waals surface area contributed by atoms with Crippen LogP contribution in [0, 0.1) is 0 Å². The summed E-state index contributed by atoms with van der Waals surface area (Å²) in [6.07, 6.45) is 3.22. The van der Waals surface area contributed by atoms with Crippen molar-refractivity contribution in [3.63, 3.8) is 0 Å². The second-order valence-electron chi connectivity index (χ2n) is 3.53. The lowest BCUT2D eigenvalue weighted by Crippen LogP contribution is -2.49. The molecule has 5 heteroatoms. The Labute approximate surface area is 84.5 Å². The Hall–Kier alpha value is -0.810. The molecular formula is C9H19N3O2. The molecule has 1 heterocycles. The fraction of sp³-hybridized carbons (Fsp3) is 0.889. The van der Waals surface area contributed by atoms with Gasteiger partial charge < -0.3 is 9.64 Å². The molecule has 0 aliphatic carbocycles. The number of nitrogens with two attached hydrogens (primary N) is 1. The summed E-state index contributed by atoms with van der Waals surface area (Å²) in [6.45, 7) is 4.27. The van der Waals surface area contributed by atoms with Gasteiger partial charge in [-0.2, -0.15) is 0 Å². The van der Waals surface area contributed by atoms with Crippen molar-refractivity contribution in [2.45, 2.75) is 32.3 Å². The van der Waals surface area contributed by atoms with E-state index in [1.54, 1.807) is 4.90 Å².